The lowest BCUT2D eigenvalue weighted by Crippen LogP contribution is -2.35. The maximum atomic E-state index is 6.51. The van der Waals surface area contributed by atoms with Crippen LogP contribution in [-0.2, 0) is 0 Å². The molecule has 0 heterocycles. The van der Waals surface area contributed by atoms with Crippen molar-refractivity contribution in [3.8, 4) is 0 Å². The Kier molecular flexibility index (Phi) is 4.20. The molecule has 3 aliphatic carbocycles. The molecular weight excluding hydrogens is 268 g/mol. The van der Waals surface area contributed by atoms with Crippen LogP contribution < -0.4 is 11.5 Å². The second-order valence-electron chi connectivity index (χ2n) is 7.57. The van der Waals surface area contributed by atoms with Gasteiger partial charge in [0.2, 0.25) is 0 Å². The van der Waals surface area contributed by atoms with E-state index in [1.165, 1.54) is 24.0 Å². The molecule has 0 aliphatic heterocycles. The zero-order chi connectivity index (χ0) is 15.7. The van der Waals surface area contributed by atoms with E-state index in [1.54, 1.807) is 0 Å². The van der Waals surface area contributed by atoms with Gasteiger partial charge in [-0.25, -0.2) is 0 Å². The van der Waals surface area contributed by atoms with Crippen LogP contribution in [0, 0.1) is 17.3 Å². The molecule has 3 aliphatic rings. The molecule has 0 saturated carbocycles. The average molecular weight is 298 g/mol. The molecule has 2 heteroatoms. The SMILES string of the molecule is CC1C(C2(C)CC=CCC2)=C(N)CCC1C1=C(N)C=CCC1. The molecule has 0 fully saturated rings. The molecule has 0 spiro atoms. The molecule has 3 unspecified atom stereocenters. The normalized spacial score (nSPS) is 36.1. The van der Waals surface area contributed by atoms with E-state index in [9.17, 15) is 0 Å². The molecule has 0 aromatic rings. The molecule has 0 aromatic heterocycles. The number of hydrogen-bond donors (Lipinski definition) is 2. The Morgan fingerprint density at radius 1 is 1.09 bits per heavy atom. The second-order valence-corrected chi connectivity index (χ2v) is 7.57. The van der Waals surface area contributed by atoms with Crippen molar-refractivity contribution >= 4 is 0 Å². The highest BCUT2D eigenvalue weighted by molar-refractivity contribution is 5.35. The molecule has 120 valence electrons. The molecule has 0 radical (unpaired) electrons. The van der Waals surface area contributed by atoms with E-state index in [0.717, 1.165) is 43.5 Å². The molecule has 0 saturated heterocycles. The third-order valence-corrected chi connectivity index (χ3v) is 6.07. The van der Waals surface area contributed by atoms with Crippen molar-refractivity contribution in [3.05, 3.63) is 46.8 Å². The quantitative estimate of drug-likeness (QED) is 0.735. The van der Waals surface area contributed by atoms with Crippen LogP contribution in [0.2, 0.25) is 0 Å². The van der Waals surface area contributed by atoms with Crippen LogP contribution in [0.25, 0.3) is 0 Å². The van der Waals surface area contributed by atoms with E-state index in [2.05, 4.69) is 38.2 Å². The van der Waals surface area contributed by atoms with Gasteiger partial charge in [0, 0.05) is 11.4 Å². The minimum Gasteiger partial charge on any atom is -0.402 e. The summed E-state index contributed by atoms with van der Waals surface area (Å²) < 4.78 is 0. The molecule has 0 amide bonds. The first-order valence-corrected chi connectivity index (χ1v) is 8.82. The lowest BCUT2D eigenvalue weighted by molar-refractivity contribution is 0.267. The fourth-order valence-electron chi connectivity index (χ4n) is 4.91. The van der Waals surface area contributed by atoms with Gasteiger partial charge in [-0.05, 0) is 79.4 Å². The third-order valence-electron chi connectivity index (χ3n) is 6.07. The Morgan fingerprint density at radius 3 is 2.59 bits per heavy atom. The van der Waals surface area contributed by atoms with Gasteiger partial charge in [0.25, 0.3) is 0 Å². The predicted octanol–water partition coefficient (Wildman–Crippen LogP) is 4.55. The first-order valence-electron chi connectivity index (χ1n) is 8.82. The molecule has 3 rings (SSSR count). The highest BCUT2D eigenvalue weighted by Gasteiger charge is 2.40. The maximum absolute atomic E-state index is 6.51. The van der Waals surface area contributed by atoms with Crippen molar-refractivity contribution in [2.45, 2.75) is 58.8 Å². The van der Waals surface area contributed by atoms with Gasteiger partial charge >= 0.3 is 0 Å². The van der Waals surface area contributed by atoms with Gasteiger partial charge in [-0.2, -0.15) is 0 Å². The highest BCUT2D eigenvalue weighted by Crippen LogP contribution is 2.51. The van der Waals surface area contributed by atoms with Crippen molar-refractivity contribution in [1.29, 1.82) is 0 Å². The van der Waals surface area contributed by atoms with E-state index in [1.807, 2.05) is 0 Å². The van der Waals surface area contributed by atoms with Gasteiger partial charge in [0.05, 0.1) is 0 Å². The van der Waals surface area contributed by atoms with Crippen LogP contribution in [0.1, 0.15) is 58.8 Å². The lowest BCUT2D eigenvalue weighted by Gasteiger charge is -2.44. The van der Waals surface area contributed by atoms with Crippen molar-refractivity contribution in [2.75, 3.05) is 0 Å². The summed E-state index contributed by atoms with van der Waals surface area (Å²) in [5.74, 6) is 1.10. The number of hydrogen-bond acceptors (Lipinski definition) is 2. The summed E-state index contributed by atoms with van der Waals surface area (Å²) in [6.07, 6.45) is 17.0. The molecule has 22 heavy (non-hydrogen) atoms. The predicted molar refractivity (Wildman–Crippen MR) is 93.8 cm³/mol. The largest absolute Gasteiger partial charge is 0.402 e. The topological polar surface area (TPSA) is 52.0 Å². The monoisotopic (exact) mass is 298 g/mol. The van der Waals surface area contributed by atoms with Crippen molar-refractivity contribution in [3.63, 3.8) is 0 Å². The number of rotatable bonds is 2. The smallest absolute Gasteiger partial charge is 0.0305 e. The van der Waals surface area contributed by atoms with Crippen molar-refractivity contribution in [1.82, 2.24) is 0 Å². The first kappa shape index (κ1) is 15.5. The Balaban J connectivity index is 1.93. The van der Waals surface area contributed by atoms with E-state index >= 15 is 0 Å². The van der Waals surface area contributed by atoms with Gasteiger partial charge in [0.15, 0.2) is 0 Å². The van der Waals surface area contributed by atoms with Crippen molar-refractivity contribution < 1.29 is 0 Å². The highest BCUT2D eigenvalue weighted by atomic mass is 14.6. The molecular formula is C20H30N2. The van der Waals surface area contributed by atoms with Gasteiger partial charge in [-0.15, -0.1) is 0 Å². The Hall–Kier alpha value is -1.44. The fraction of sp³-hybridized carbons (Fsp3) is 0.600. The number of nitrogens with two attached hydrogens (primary N) is 2. The Morgan fingerprint density at radius 2 is 1.91 bits per heavy atom. The van der Waals surface area contributed by atoms with E-state index in [4.69, 9.17) is 11.5 Å². The van der Waals surface area contributed by atoms with Crippen LogP contribution in [0.3, 0.4) is 0 Å². The summed E-state index contributed by atoms with van der Waals surface area (Å²) in [7, 11) is 0. The van der Waals surface area contributed by atoms with Crippen LogP contribution in [0.5, 0.6) is 0 Å². The molecule has 0 aromatic carbocycles. The minimum atomic E-state index is 0.247. The molecule has 3 atom stereocenters. The summed E-state index contributed by atoms with van der Waals surface area (Å²) in [6, 6.07) is 0. The summed E-state index contributed by atoms with van der Waals surface area (Å²) in [5.41, 5.74) is 18.2. The molecule has 0 bridgehead atoms. The Labute approximate surface area is 135 Å². The van der Waals surface area contributed by atoms with Gasteiger partial charge in [-0.3, -0.25) is 0 Å². The molecule has 4 N–H and O–H groups in total. The van der Waals surface area contributed by atoms with Gasteiger partial charge in [0.1, 0.15) is 0 Å². The minimum absolute atomic E-state index is 0.247. The van der Waals surface area contributed by atoms with Crippen LogP contribution in [0.4, 0.5) is 0 Å². The standard InChI is InChI=1S/C20H30N2/c1-14-15(16-8-4-5-9-17(16)21)10-11-18(22)19(14)20(2)12-6-3-7-13-20/h3,5-6,9,14-15H,4,7-8,10-13,21-22H2,1-2H3. The zero-order valence-corrected chi connectivity index (χ0v) is 14.1. The van der Waals surface area contributed by atoms with Crippen LogP contribution >= 0.6 is 0 Å². The van der Waals surface area contributed by atoms with Crippen LogP contribution in [-0.4, -0.2) is 0 Å². The van der Waals surface area contributed by atoms with Gasteiger partial charge < -0.3 is 11.5 Å². The summed E-state index contributed by atoms with van der Waals surface area (Å²) in [4.78, 5) is 0. The number of allylic oxidation sites excluding steroid dienone is 7. The lowest BCUT2D eigenvalue weighted by atomic mass is 9.61. The summed E-state index contributed by atoms with van der Waals surface area (Å²) in [5, 5.41) is 0. The zero-order valence-electron chi connectivity index (χ0n) is 14.1. The van der Waals surface area contributed by atoms with Crippen LogP contribution in [0.15, 0.2) is 46.8 Å². The van der Waals surface area contributed by atoms with E-state index < -0.39 is 0 Å². The van der Waals surface area contributed by atoms with Gasteiger partial charge in [-0.1, -0.05) is 32.1 Å². The first-order chi connectivity index (χ1) is 10.5. The average Bonchev–Trinajstić information content (AvgIpc) is 2.49. The maximum Gasteiger partial charge on any atom is 0.0305 e. The third kappa shape index (κ3) is 2.64. The van der Waals surface area contributed by atoms with E-state index in [-0.39, 0.29) is 5.41 Å². The second kappa shape index (κ2) is 5.98. The Bertz CT molecular complexity index is 564. The molecule has 2 nitrogen and oxygen atoms in total. The summed E-state index contributed by atoms with van der Waals surface area (Å²) in [6.45, 7) is 4.80. The fourth-order valence-corrected chi connectivity index (χ4v) is 4.91. The van der Waals surface area contributed by atoms with E-state index in [0.29, 0.717) is 11.8 Å². The summed E-state index contributed by atoms with van der Waals surface area (Å²) >= 11 is 0. The van der Waals surface area contributed by atoms with Crippen molar-refractivity contribution in [2.24, 2.45) is 28.7 Å².